The summed E-state index contributed by atoms with van der Waals surface area (Å²) in [6.07, 6.45) is 0. The minimum atomic E-state index is -3.77. The Morgan fingerprint density at radius 1 is 1.03 bits per heavy atom. The van der Waals surface area contributed by atoms with Gasteiger partial charge >= 0.3 is 5.76 Å². The fraction of sp³-hybridized carbons (Fsp3) is 0.263. The van der Waals surface area contributed by atoms with Crippen molar-refractivity contribution >= 4 is 38.6 Å². The number of piperazine rings is 1. The van der Waals surface area contributed by atoms with Gasteiger partial charge in [-0.15, -0.1) is 0 Å². The number of nitrogens with zero attached hydrogens (tertiary/aromatic N) is 3. The van der Waals surface area contributed by atoms with E-state index in [-0.39, 0.29) is 42.6 Å². The monoisotopic (exact) mass is 435 g/mol. The summed E-state index contributed by atoms with van der Waals surface area (Å²) in [5.41, 5.74) is 1.25. The summed E-state index contributed by atoms with van der Waals surface area (Å²) in [5, 5.41) is 0.545. The molecule has 1 aliphatic heterocycles. The first-order valence-electron chi connectivity index (χ1n) is 8.92. The highest BCUT2D eigenvalue weighted by atomic mass is 35.5. The van der Waals surface area contributed by atoms with Gasteiger partial charge in [-0.3, -0.25) is 9.36 Å². The van der Waals surface area contributed by atoms with E-state index in [4.69, 9.17) is 16.0 Å². The van der Waals surface area contributed by atoms with Crippen molar-refractivity contribution in [2.24, 2.45) is 7.05 Å². The summed E-state index contributed by atoms with van der Waals surface area (Å²) >= 11 is 5.85. The smallest absolute Gasteiger partial charge is 0.408 e. The number of aryl methyl sites for hydroxylation is 1. The van der Waals surface area contributed by atoms with Crippen molar-refractivity contribution in [2.75, 3.05) is 26.2 Å². The molecule has 10 heteroatoms. The summed E-state index contributed by atoms with van der Waals surface area (Å²) in [6.45, 7) is 0.920. The minimum Gasteiger partial charge on any atom is -0.408 e. The van der Waals surface area contributed by atoms with E-state index in [2.05, 4.69) is 0 Å². The number of benzene rings is 2. The number of oxazole rings is 1. The number of fused-ring (bicyclic) bond motifs is 1. The number of hydrogen-bond acceptors (Lipinski definition) is 5. The molecule has 1 aliphatic rings. The van der Waals surface area contributed by atoms with Gasteiger partial charge < -0.3 is 9.32 Å². The lowest BCUT2D eigenvalue weighted by atomic mass is 10.2. The first-order chi connectivity index (χ1) is 13.8. The van der Waals surface area contributed by atoms with Crippen LogP contribution in [0.1, 0.15) is 10.4 Å². The molecule has 2 heterocycles. The van der Waals surface area contributed by atoms with Crippen LogP contribution < -0.4 is 5.76 Å². The lowest BCUT2D eigenvalue weighted by Crippen LogP contribution is -2.50. The third kappa shape index (κ3) is 3.57. The largest absolute Gasteiger partial charge is 0.419 e. The van der Waals surface area contributed by atoms with Gasteiger partial charge in [0, 0.05) is 49.9 Å². The van der Waals surface area contributed by atoms with Crippen LogP contribution in [-0.2, 0) is 17.1 Å². The van der Waals surface area contributed by atoms with Crippen molar-refractivity contribution < 1.29 is 17.6 Å². The van der Waals surface area contributed by atoms with Gasteiger partial charge in [-0.25, -0.2) is 13.2 Å². The number of aromatic nitrogens is 1. The Kier molecular flexibility index (Phi) is 4.97. The van der Waals surface area contributed by atoms with E-state index in [0.717, 1.165) is 0 Å². The zero-order chi connectivity index (χ0) is 20.8. The van der Waals surface area contributed by atoms with E-state index in [9.17, 15) is 18.0 Å². The predicted octanol–water partition coefficient (Wildman–Crippen LogP) is 1.93. The molecule has 4 rings (SSSR count). The summed E-state index contributed by atoms with van der Waals surface area (Å²) in [6, 6.07) is 11.0. The highest BCUT2D eigenvalue weighted by molar-refractivity contribution is 7.89. The van der Waals surface area contributed by atoms with Gasteiger partial charge in [0.05, 0.1) is 10.4 Å². The van der Waals surface area contributed by atoms with Gasteiger partial charge in [0.1, 0.15) is 0 Å². The molecule has 3 aromatic rings. The molecule has 0 saturated carbocycles. The number of hydrogen-bond donors (Lipinski definition) is 0. The van der Waals surface area contributed by atoms with E-state index in [1.807, 2.05) is 0 Å². The average molecular weight is 436 g/mol. The Morgan fingerprint density at radius 2 is 1.69 bits per heavy atom. The van der Waals surface area contributed by atoms with Gasteiger partial charge in [0.25, 0.3) is 5.91 Å². The molecular formula is C19H18ClN3O5S. The number of rotatable bonds is 3. The highest BCUT2D eigenvalue weighted by Gasteiger charge is 2.31. The second-order valence-corrected chi connectivity index (χ2v) is 9.13. The topological polar surface area (TPSA) is 92.8 Å². The fourth-order valence-corrected chi connectivity index (χ4v) is 4.89. The van der Waals surface area contributed by atoms with Crippen LogP contribution in [0.3, 0.4) is 0 Å². The van der Waals surface area contributed by atoms with E-state index in [1.165, 1.54) is 21.0 Å². The molecule has 1 fully saturated rings. The maximum absolute atomic E-state index is 13.0. The van der Waals surface area contributed by atoms with Crippen molar-refractivity contribution in [1.29, 1.82) is 0 Å². The Hall–Kier alpha value is -2.62. The molecule has 0 unspecified atom stereocenters. The van der Waals surface area contributed by atoms with Gasteiger partial charge in [-0.1, -0.05) is 11.6 Å². The van der Waals surface area contributed by atoms with E-state index in [1.54, 1.807) is 42.3 Å². The number of amides is 1. The van der Waals surface area contributed by atoms with E-state index in [0.29, 0.717) is 16.1 Å². The van der Waals surface area contributed by atoms with Gasteiger partial charge in [0.2, 0.25) is 10.0 Å². The Labute approximate surface area is 171 Å². The molecule has 0 aliphatic carbocycles. The molecule has 0 atom stereocenters. The molecular weight excluding hydrogens is 418 g/mol. The van der Waals surface area contributed by atoms with Gasteiger partial charge in [-0.05, 0) is 36.4 Å². The first kappa shape index (κ1) is 19.7. The molecule has 29 heavy (non-hydrogen) atoms. The molecule has 1 aromatic heterocycles. The Balaban J connectivity index is 1.50. The maximum Gasteiger partial charge on any atom is 0.419 e. The SMILES string of the molecule is Cn1c(=O)oc2cc(S(=O)(=O)N3CCN(C(=O)c4ccc(Cl)cc4)CC3)ccc21. The summed E-state index contributed by atoms with van der Waals surface area (Å²) in [7, 11) is -2.22. The van der Waals surface area contributed by atoms with Crippen LogP contribution >= 0.6 is 11.6 Å². The Morgan fingerprint density at radius 3 is 2.34 bits per heavy atom. The second-order valence-electron chi connectivity index (χ2n) is 6.76. The van der Waals surface area contributed by atoms with Crippen molar-refractivity contribution in [1.82, 2.24) is 13.8 Å². The van der Waals surface area contributed by atoms with Crippen LogP contribution in [0.2, 0.25) is 5.02 Å². The van der Waals surface area contributed by atoms with Crippen LogP contribution in [0.5, 0.6) is 0 Å². The molecule has 0 N–H and O–H groups in total. The van der Waals surface area contributed by atoms with Crippen LogP contribution in [0.4, 0.5) is 0 Å². The summed E-state index contributed by atoms with van der Waals surface area (Å²) in [4.78, 5) is 25.9. The number of carbonyl (C=O) groups excluding carboxylic acids is 1. The van der Waals surface area contributed by atoms with Crippen molar-refractivity contribution in [2.45, 2.75) is 4.90 Å². The van der Waals surface area contributed by atoms with Crippen LogP contribution in [0.25, 0.3) is 11.1 Å². The average Bonchev–Trinajstić information content (AvgIpc) is 3.01. The second kappa shape index (κ2) is 7.33. The molecule has 0 spiro atoms. The molecule has 0 bridgehead atoms. The normalized spacial score (nSPS) is 15.7. The maximum atomic E-state index is 13.0. The Bertz CT molecular complexity index is 1240. The number of halogens is 1. The van der Waals surface area contributed by atoms with Crippen molar-refractivity contribution in [3.8, 4) is 0 Å². The lowest BCUT2D eigenvalue weighted by molar-refractivity contribution is 0.0698. The highest BCUT2D eigenvalue weighted by Crippen LogP contribution is 2.23. The van der Waals surface area contributed by atoms with E-state index >= 15 is 0 Å². The number of sulfonamides is 1. The minimum absolute atomic E-state index is 0.0526. The lowest BCUT2D eigenvalue weighted by Gasteiger charge is -2.34. The fourth-order valence-electron chi connectivity index (χ4n) is 3.33. The molecule has 1 saturated heterocycles. The third-order valence-corrected chi connectivity index (χ3v) is 7.17. The zero-order valence-corrected chi connectivity index (χ0v) is 17.1. The first-order valence-corrected chi connectivity index (χ1v) is 10.7. The third-order valence-electron chi connectivity index (χ3n) is 5.02. The summed E-state index contributed by atoms with van der Waals surface area (Å²) < 4.78 is 33.7. The molecule has 8 nitrogen and oxygen atoms in total. The molecule has 0 radical (unpaired) electrons. The van der Waals surface area contributed by atoms with Crippen LogP contribution in [0.15, 0.2) is 56.6 Å². The summed E-state index contributed by atoms with van der Waals surface area (Å²) in [5.74, 6) is -0.713. The van der Waals surface area contributed by atoms with Gasteiger partial charge in [-0.2, -0.15) is 4.31 Å². The number of carbonyl (C=O) groups is 1. The van der Waals surface area contributed by atoms with E-state index < -0.39 is 15.8 Å². The van der Waals surface area contributed by atoms with Gasteiger partial charge in [0.15, 0.2) is 5.58 Å². The van der Waals surface area contributed by atoms with Crippen LogP contribution in [-0.4, -0.2) is 54.3 Å². The predicted molar refractivity (Wildman–Crippen MR) is 108 cm³/mol. The standard InChI is InChI=1S/C19H18ClN3O5S/c1-21-16-7-6-15(12-17(16)28-19(21)25)29(26,27)23-10-8-22(9-11-23)18(24)13-2-4-14(20)5-3-13/h2-7,12H,8-11H2,1H3. The zero-order valence-electron chi connectivity index (χ0n) is 15.5. The molecule has 152 valence electrons. The quantitative estimate of drug-likeness (QED) is 0.626. The van der Waals surface area contributed by atoms with Crippen molar-refractivity contribution in [3.63, 3.8) is 0 Å². The molecule has 2 aromatic carbocycles. The van der Waals surface area contributed by atoms with Crippen LogP contribution in [0, 0.1) is 0 Å². The van der Waals surface area contributed by atoms with Crippen molar-refractivity contribution in [3.05, 3.63) is 63.6 Å². The molecule has 1 amide bonds.